The molecular formula is C10H11N5O. The lowest BCUT2D eigenvalue weighted by Gasteiger charge is -1.96. The van der Waals surface area contributed by atoms with E-state index >= 15 is 0 Å². The summed E-state index contributed by atoms with van der Waals surface area (Å²) in [4.78, 5) is 14.5. The number of nitrogens with two attached hydrogens (primary N) is 1. The van der Waals surface area contributed by atoms with Gasteiger partial charge in [-0.2, -0.15) is 4.98 Å². The van der Waals surface area contributed by atoms with Crippen molar-refractivity contribution in [2.45, 2.75) is 6.92 Å². The summed E-state index contributed by atoms with van der Waals surface area (Å²) in [6.07, 6.45) is 3.46. The van der Waals surface area contributed by atoms with E-state index < -0.39 is 0 Å². The molecule has 16 heavy (non-hydrogen) atoms. The van der Waals surface area contributed by atoms with Crippen molar-refractivity contribution >= 4 is 23.1 Å². The third-order valence-electron chi connectivity index (χ3n) is 1.90. The van der Waals surface area contributed by atoms with E-state index in [1.165, 1.54) is 0 Å². The Morgan fingerprint density at radius 1 is 1.44 bits per heavy atom. The first-order chi connectivity index (χ1) is 7.56. The Hall–Kier alpha value is -2.37. The Morgan fingerprint density at radius 3 is 2.88 bits per heavy atom. The minimum absolute atomic E-state index is 0.225. The molecule has 4 N–H and O–H groups in total. The highest BCUT2D eigenvalue weighted by Crippen LogP contribution is 2.18. The Labute approximate surface area is 91.6 Å². The van der Waals surface area contributed by atoms with Gasteiger partial charge in [0.2, 0.25) is 0 Å². The summed E-state index contributed by atoms with van der Waals surface area (Å²) in [5.74, 6) is 0.679. The van der Waals surface area contributed by atoms with Crippen molar-refractivity contribution in [2.75, 3.05) is 5.73 Å². The van der Waals surface area contributed by atoms with Crippen LogP contribution in [0.15, 0.2) is 18.2 Å². The number of hydrogen-bond acceptors (Lipinski definition) is 5. The summed E-state index contributed by atoms with van der Waals surface area (Å²) >= 11 is 0. The van der Waals surface area contributed by atoms with E-state index in [9.17, 15) is 0 Å². The zero-order chi connectivity index (χ0) is 11.7. The van der Waals surface area contributed by atoms with Gasteiger partial charge in [0.1, 0.15) is 5.52 Å². The van der Waals surface area contributed by atoms with E-state index in [1.54, 1.807) is 12.2 Å². The molecule has 0 aromatic carbocycles. The largest absolute Gasteiger partial charge is 0.480 e. The van der Waals surface area contributed by atoms with Crippen LogP contribution in [-0.4, -0.2) is 25.0 Å². The summed E-state index contributed by atoms with van der Waals surface area (Å²) < 4.78 is 0. The van der Waals surface area contributed by atoms with Crippen LogP contribution in [0.3, 0.4) is 0 Å². The third kappa shape index (κ3) is 1.85. The van der Waals surface area contributed by atoms with Crippen LogP contribution in [0, 0.1) is 0 Å². The number of anilines is 1. The zero-order valence-electron chi connectivity index (χ0n) is 8.73. The van der Waals surface area contributed by atoms with Crippen LogP contribution in [0.4, 0.5) is 5.82 Å². The second kappa shape index (κ2) is 3.65. The van der Waals surface area contributed by atoms with Crippen molar-refractivity contribution in [1.29, 1.82) is 0 Å². The van der Waals surface area contributed by atoms with Gasteiger partial charge in [-0.3, -0.25) is 0 Å². The molecule has 2 rings (SSSR count). The van der Waals surface area contributed by atoms with Crippen LogP contribution < -0.4 is 5.73 Å². The van der Waals surface area contributed by atoms with Crippen molar-refractivity contribution < 1.29 is 5.11 Å². The molecule has 0 bridgehead atoms. The Balaban J connectivity index is 2.53. The fraction of sp³-hybridized carbons (Fsp3) is 0.100. The van der Waals surface area contributed by atoms with Crippen molar-refractivity contribution in [3.8, 4) is 6.01 Å². The van der Waals surface area contributed by atoms with Crippen LogP contribution in [0.2, 0.25) is 0 Å². The number of allylic oxidation sites excluding steroid dienone is 2. The van der Waals surface area contributed by atoms with Gasteiger partial charge >= 0.3 is 0 Å². The summed E-state index contributed by atoms with van der Waals surface area (Å²) in [5, 5.41) is 9.17. The van der Waals surface area contributed by atoms with Crippen LogP contribution in [0.5, 0.6) is 6.01 Å². The number of aromatic nitrogens is 4. The molecule has 0 spiro atoms. The van der Waals surface area contributed by atoms with Gasteiger partial charge in [-0.05, 0) is 13.0 Å². The number of nitrogens with one attached hydrogen (secondary N) is 1. The SMILES string of the molecule is C=C(C)C=Cc1nc(N)c2[nH]c(O)nc2n1. The van der Waals surface area contributed by atoms with E-state index in [0.717, 1.165) is 5.57 Å². The number of aromatic hydroxyl groups is 1. The minimum atomic E-state index is -0.225. The average Bonchev–Trinajstić information content (AvgIpc) is 2.56. The summed E-state index contributed by atoms with van der Waals surface area (Å²) in [6, 6.07) is -0.225. The lowest BCUT2D eigenvalue weighted by molar-refractivity contribution is 0.438. The maximum atomic E-state index is 9.17. The average molecular weight is 217 g/mol. The van der Waals surface area contributed by atoms with Gasteiger partial charge in [-0.25, -0.2) is 9.97 Å². The van der Waals surface area contributed by atoms with Crippen LogP contribution >= 0.6 is 0 Å². The number of rotatable bonds is 2. The molecule has 6 heteroatoms. The molecule has 0 aliphatic rings. The molecule has 0 amide bonds. The van der Waals surface area contributed by atoms with Gasteiger partial charge in [-0.15, -0.1) is 0 Å². The second-order valence-corrected chi connectivity index (χ2v) is 3.41. The number of nitrogens with zero attached hydrogens (tertiary/aromatic N) is 3. The highest BCUT2D eigenvalue weighted by atomic mass is 16.3. The summed E-state index contributed by atoms with van der Waals surface area (Å²) in [6.45, 7) is 5.58. The fourth-order valence-corrected chi connectivity index (χ4v) is 1.22. The molecule has 82 valence electrons. The van der Waals surface area contributed by atoms with Crippen LogP contribution in [0.25, 0.3) is 17.2 Å². The smallest absolute Gasteiger partial charge is 0.293 e. The molecule has 0 aliphatic heterocycles. The van der Waals surface area contributed by atoms with Gasteiger partial charge < -0.3 is 15.8 Å². The van der Waals surface area contributed by atoms with Crippen molar-refractivity contribution in [3.05, 3.63) is 24.1 Å². The quantitative estimate of drug-likeness (QED) is 0.657. The first kappa shape index (κ1) is 10.2. The lowest BCUT2D eigenvalue weighted by Crippen LogP contribution is -1.97. The van der Waals surface area contributed by atoms with E-state index in [0.29, 0.717) is 17.0 Å². The molecule has 6 nitrogen and oxygen atoms in total. The molecule has 2 aromatic heterocycles. The number of nitrogen functional groups attached to an aromatic ring is 1. The topological polar surface area (TPSA) is 101 Å². The van der Waals surface area contributed by atoms with Gasteiger partial charge in [0, 0.05) is 0 Å². The summed E-state index contributed by atoms with van der Waals surface area (Å²) in [5.41, 5.74) is 7.34. The number of imidazole rings is 1. The van der Waals surface area contributed by atoms with Gasteiger partial charge in [0.15, 0.2) is 17.3 Å². The molecule has 0 unspecified atom stereocenters. The lowest BCUT2D eigenvalue weighted by atomic mass is 10.3. The molecule has 0 aliphatic carbocycles. The van der Waals surface area contributed by atoms with Crippen molar-refractivity contribution in [2.24, 2.45) is 0 Å². The molecule has 2 aromatic rings. The first-order valence-electron chi connectivity index (χ1n) is 4.62. The van der Waals surface area contributed by atoms with Crippen molar-refractivity contribution in [3.63, 3.8) is 0 Å². The third-order valence-corrected chi connectivity index (χ3v) is 1.90. The standard InChI is InChI=1S/C10H11N5O/c1-5(2)3-4-6-12-8(11)7-9(13-6)15-10(16)14-7/h3-4H,1H2,2H3,(H4,11,12,13,14,15,16). The molecule has 0 saturated heterocycles. The van der Waals surface area contributed by atoms with Crippen LogP contribution in [-0.2, 0) is 0 Å². The first-order valence-corrected chi connectivity index (χ1v) is 4.62. The molecule has 2 heterocycles. The van der Waals surface area contributed by atoms with Gasteiger partial charge in [0.05, 0.1) is 0 Å². The van der Waals surface area contributed by atoms with Gasteiger partial charge in [0.25, 0.3) is 6.01 Å². The Bertz CT molecular complexity index is 584. The van der Waals surface area contributed by atoms with E-state index in [1.807, 2.05) is 6.92 Å². The van der Waals surface area contributed by atoms with E-state index in [4.69, 9.17) is 10.8 Å². The fourth-order valence-electron chi connectivity index (χ4n) is 1.22. The minimum Gasteiger partial charge on any atom is -0.480 e. The molecule has 0 radical (unpaired) electrons. The predicted octanol–water partition coefficient (Wildman–Crippen LogP) is 1.23. The number of hydrogen-bond donors (Lipinski definition) is 3. The molecule has 0 saturated carbocycles. The second-order valence-electron chi connectivity index (χ2n) is 3.41. The number of aromatic amines is 1. The van der Waals surface area contributed by atoms with Crippen LogP contribution in [0.1, 0.15) is 12.7 Å². The molecule has 0 fully saturated rings. The normalized spacial score (nSPS) is 11.3. The number of fused-ring (bicyclic) bond motifs is 1. The molecular weight excluding hydrogens is 206 g/mol. The zero-order valence-corrected chi connectivity index (χ0v) is 8.73. The monoisotopic (exact) mass is 217 g/mol. The predicted molar refractivity (Wildman–Crippen MR) is 61.6 cm³/mol. The Kier molecular flexibility index (Phi) is 2.32. The Morgan fingerprint density at radius 2 is 2.19 bits per heavy atom. The number of H-pyrrole nitrogens is 1. The van der Waals surface area contributed by atoms with Crippen molar-refractivity contribution in [1.82, 2.24) is 19.9 Å². The molecule has 0 atom stereocenters. The highest BCUT2D eigenvalue weighted by Gasteiger charge is 2.08. The maximum Gasteiger partial charge on any atom is 0.293 e. The van der Waals surface area contributed by atoms with E-state index in [-0.39, 0.29) is 11.8 Å². The van der Waals surface area contributed by atoms with Gasteiger partial charge in [-0.1, -0.05) is 18.2 Å². The van der Waals surface area contributed by atoms with E-state index in [2.05, 4.69) is 26.5 Å². The highest BCUT2D eigenvalue weighted by molar-refractivity contribution is 5.82. The maximum absolute atomic E-state index is 9.17. The summed E-state index contributed by atoms with van der Waals surface area (Å²) in [7, 11) is 0.